The van der Waals surface area contributed by atoms with Crippen LogP contribution in [0.25, 0.3) is 11.1 Å². The first-order chi connectivity index (χ1) is 13.7. The Morgan fingerprint density at radius 2 is 1.76 bits per heavy atom. The van der Waals surface area contributed by atoms with Gasteiger partial charge in [-0.2, -0.15) is 0 Å². The molecule has 0 unspecified atom stereocenters. The standard InChI is InChI=1S/C20H12Cl2F2N2O3/c1-10-2-4-12(14(21)6-10)19(27)26-18-5-3-11(9-25-18)13-7-16-17(8-15(13)22)29-20(23,24)28-16/h2-9H,1H3,(H,25,26,27). The molecular formula is C20H12Cl2F2N2O3. The number of amides is 1. The molecule has 9 heteroatoms. The van der Waals surface area contributed by atoms with Crippen molar-refractivity contribution in [3.63, 3.8) is 0 Å². The maximum Gasteiger partial charge on any atom is 0.586 e. The van der Waals surface area contributed by atoms with Crippen molar-refractivity contribution in [3.8, 4) is 22.6 Å². The van der Waals surface area contributed by atoms with Crippen molar-refractivity contribution in [1.29, 1.82) is 0 Å². The van der Waals surface area contributed by atoms with Gasteiger partial charge >= 0.3 is 6.29 Å². The molecule has 1 aliphatic heterocycles. The zero-order valence-corrected chi connectivity index (χ0v) is 16.3. The summed E-state index contributed by atoms with van der Waals surface area (Å²) >= 11 is 12.3. The highest BCUT2D eigenvalue weighted by molar-refractivity contribution is 6.34. The molecule has 1 N–H and O–H groups in total. The van der Waals surface area contributed by atoms with Crippen molar-refractivity contribution in [2.45, 2.75) is 13.2 Å². The van der Waals surface area contributed by atoms with Gasteiger partial charge in [0.15, 0.2) is 11.5 Å². The number of halogens is 4. The highest BCUT2D eigenvalue weighted by Gasteiger charge is 2.43. The molecule has 0 radical (unpaired) electrons. The molecule has 1 aromatic heterocycles. The Kier molecular flexibility index (Phi) is 4.80. The van der Waals surface area contributed by atoms with Gasteiger partial charge < -0.3 is 14.8 Å². The zero-order chi connectivity index (χ0) is 20.8. The summed E-state index contributed by atoms with van der Waals surface area (Å²) in [5.74, 6) is -0.381. The van der Waals surface area contributed by atoms with Crippen molar-refractivity contribution < 1.29 is 23.0 Å². The molecule has 0 atom stereocenters. The molecular weight excluding hydrogens is 425 g/mol. The lowest BCUT2D eigenvalue weighted by molar-refractivity contribution is -0.286. The van der Waals surface area contributed by atoms with Gasteiger partial charge in [0.25, 0.3) is 5.91 Å². The van der Waals surface area contributed by atoms with Crippen LogP contribution in [0, 0.1) is 6.92 Å². The Bertz CT molecular complexity index is 1120. The third-order valence-corrected chi connectivity index (χ3v) is 4.80. The van der Waals surface area contributed by atoms with Crippen LogP contribution in [-0.2, 0) is 0 Å². The second kappa shape index (κ2) is 7.17. The van der Waals surface area contributed by atoms with Crippen molar-refractivity contribution >= 4 is 34.9 Å². The van der Waals surface area contributed by atoms with Crippen molar-refractivity contribution in [1.82, 2.24) is 4.98 Å². The molecule has 0 aliphatic carbocycles. The van der Waals surface area contributed by atoms with E-state index in [-0.39, 0.29) is 16.5 Å². The average molecular weight is 437 g/mol. The van der Waals surface area contributed by atoms with Crippen LogP contribution < -0.4 is 14.8 Å². The number of aryl methyl sites for hydroxylation is 1. The van der Waals surface area contributed by atoms with Gasteiger partial charge in [0.1, 0.15) is 5.82 Å². The summed E-state index contributed by atoms with van der Waals surface area (Å²) in [6.45, 7) is 1.87. The number of aromatic nitrogens is 1. The van der Waals surface area contributed by atoms with E-state index in [0.29, 0.717) is 27.5 Å². The number of hydrogen-bond donors (Lipinski definition) is 1. The quantitative estimate of drug-likeness (QED) is 0.551. The maximum atomic E-state index is 13.2. The van der Waals surface area contributed by atoms with Crippen molar-refractivity contribution in [2.75, 3.05) is 5.32 Å². The van der Waals surface area contributed by atoms with Crippen LogP contribution in [0.5, 0.6) is 11.5 Å². The maximum absolute atomic E-state index is 13.2. The molecule has 2 heterocycles. The van der Waals surface area contributed by atoms with Crippen LogP contribution in [-0.4, -0.2) is 17.2 Å². The van der Waals surface area contributed by atoms with Gasteiger partial charge in [-0.25, -0.2) is 4.98 Å². The van der Waals surface area contributed by atoms with Gasteiger partial charge in [0.2, 0.25) is 0 Å². The molecule has 148 valence electrons. The molecule has 0 saturated heterocycles. The van der Waals surface area contributed by atoms with E-state index in [0.717, 1.165) is 5.56 Å². The summed E-state index contributed by atoms with van der Waals surface area (Å²) in [5.41, 5.74) is 2.23. The van der Waals surface area contributed by atoms with Gasteiger partial charge in [-0.15, -0.1) is 8.78 Å². The molecule has 0 spiro atoms. The molecule has 0 bridgehead atoms. The van der Waals surface area contributed by atoms with Gasteiger partial charge in [-0.1, -0.05) is 29.3 Å². The number of carbonyl (C=O) groups excluding carboxylic acids is 1. The second-order valence-electron chi connectivity index (χ2n) is 6.32. The first-order valence-corrected chi connectivity index (χ1v) is 9.11. The Morgan fingerprint density at radius 3 is 2.41 bits per heavy atom. The minimum Gasteiger partial charge on any atom is -0.395 e. The number of benzene rings is 2. The number of nitrogens with one attached hydrogen (secondary N) is 1. The van der Waals surface area contributed by atoms with E-state index in [9.17, 15) is 13.6 Å². The van der Waals surface area contributed by atoms with Crippen LogP contribution in [0.2, 0.25) is 10.0 Å². The topological polar surface area (TPSA) is 60.5 Å². The molecule has 29 heavy (non-hydrogen) atoms. The third kappa shape index (κ3) is 3.97. The lowest BCUT2D eigenvalue weighted by Gasteiger charge is -2.09. The minimum absolute atomic E-state index is 0.124. The Labute approximate surface area is 174 Å². The fraction of sp³-hybridized carbons (Fsp3) is 0.100. The first kappa shape index (κ1) is 19.4. The van der Waals surface area contributed by atoms with Crippen LogP contribution in [0.15, 0.2) is 48.7 Å². The third-order valence-electron chi connectivity index (χ3n) is 4.18. The second-order valence-corrected chi connectivity index (χ2v) is 7.13. The molecule has 3 aromatic rings. The number of pyridine rings is 1. The number of ether oxygens (including phenoxy) is 2. The average Bonchev–Trinajstić information content (AvgIpc) is 2.94. The molecule has 0 fully saturated rings. The van der Waals surface area contributed by atoms with E-state index >= 15 is 0 Å². The summed E-state index contributed by atoms with van der Waals surface area (Å²) in [4.78, 5) is 16.6. The fourth-order valence-electron chi connectivity index (χ4n) is 2.81. The predicted octanol–water partition coefficient (Wildman–Crippen LogP) is 5.94. The van der Waals surface area contributed by atoms with E-state index in [2.05, 4.69) is 19.8 Å². The predicted molar refractivity (Wildman–Crippen MR) is 105 cm³/mol. The molecule has 1 aliphatic rings. The van der Waals surface area contributed by atoms with E-state index < -0.39 is 12.2 Å². The highest BCUT2D eigenvalue weighted by Crippen LogP contribution is 2.46. The molecule has 0 saturated carbocycles. The summed E-state index contributed by atoms with van der Waals surface area (Å²) < 4.78 is 35.3. The minimum atomic E-state index is -3.73. The largest absolute Gasteiger partial charge is 0.586 e. The monoisotopic (exact) mass is 436 g/mol. The van der Waals surface area contributed by atoms with Crippen molar-refractivity contribution in [3.05, 3.63) is 69.8 Å². The van der Waals surface area contributed by atoms with Crippen LogP contribution in [0.1, 0.15) is 15.9 Å². The van der Waals surface area contributed by atoms with Gasteiger partial charge in [-0.05, 0) is 42.8 Å². The number of rotatable bonds is 3. The summed E-state index contributed by atoms with van der Waals surface area (Å²) in [5, 5.41) is 3.18. The van der Waals surface area contributed by atoms with E-state index in [1.54, 1.807) is 30.3 Å². The van der Waals surface area contributed by atoms with Crippen LogP contribution in [0.3, 0.4) is 0 Å². The molecule has 4 rings (SSSR count). The number of anilines is 1. The van der Waals surface area contributed by atoms with Gasteiger partial charge in [0, 0.05) is 23.4 Å². The molecule has 1 amide bonds. The molecule has 5 nitrogen and oxygen atoms in total. The van der Waals surface area contributed by atoms with Gasteiger partial charge in [0.05, 0.1) is 15.6 Å². The lowest BCUT2D eigenvalue weighted by Crippen LogP contribution is -2.25. The van der Waals surface area contributed by atoms with E-state index in [1.807, 2.05) is 6.92 Å². The van der Waals surface area contributed by atoms with E-state index in [1.165, 1.54) is 18.3 Å². The number of alkyl halides is 2. The van der Waals surface area contributed by atoms with Crippen LogP contribution in [0.4, 0.5) is 14.6 Å². The summed E-state index contributed by atoms with van der Waals surface area (Å²) in [6, 6.07) is 10.9. The number of fused-ring (bicyclic) bond motifs is 1. The highest BCUT2D eigenvalue weighted by atomic mass is 35.5. The Morgan fingerprint density at radius 1 is 1.03 bits per heavy atom. The zero-order valence-electron chi connectivity index (χ0n) is 14.8. The Hall–Kier alpha value is -2.90. The van der Waals surface area contributed by atoms with Crippen LogP contribution >= 0.6 is 23.2 Å². The number of nitrogens with zero attached hydrogens (tertiary/aromatic N) is 1. The summed E-state index contributed by atoms with van der Waals surface area (Å²) in [7, 11) is 0. The van der Waals surface area contributed by atoms with Gasteiger partial charge in [-0.3, -0.25) is 4.79 Å². The molecule has 2 aromatic carbocycles. The SMILES string of the molecule is Cc1ccc(C(=O)Nc2ccc(-c3cc4c(cc3Cl)OC(F)(F)O4)cn2)c(Cl)c1. The normalized spacial score (nSPS) is 14.0. The number of carbonyl (C=O) groups is 1. The first-order valence-electron chi connectivity index (χ1n) is 8.35. The van der Waals surface area contributed by atoms with E-state index in [4.69, 9.17) is 23.2 Å². The Balaban J connectivity index is 1.55. The lowest BCUT2D eigenvalue weighted by atomic mass is 10.1. The van der Waals surface area contributed by atoms with Crippen molar-refractivity contribution in [2.24, 2.45) is 0 Å². The fourth-order valence-corrected chi connectivity index (χ4v) is 3.39. The summed E-state index contributed by atoms with van der Waals surface area (Å²) in [6.07, 6.45) is -2.28. The smallest absolute Gasteiger partial charge is 0.395 e. The number of hydrogen-bond acceptors (Lipinski definition) is 4.